The van der Waals surface area contributed by atoms with E-state index in [-0.39, 0.29) is 23.4 Å². The smallest absolute Gasteiger partial charge is 0.123 e. The maximum absolute atomic E-state index is 13.5. The van der Waals surface area contributed by atoms with Gasteiger partial charge in [0, 0.05) is 22.6 Å². The van der Waals surface area contributed by atoms with Crippen molar-refractivity contribution in [1.29, 1.82) is 0 Å². The van der Waals surface area contributed by atoms with Gasteiger partial charge < -0.3 is 5.73 Å². The van der Waals surface area contributed by atoms with E-state index < -0.39 is 0 Å². The molecule has 2 atom stereocenters. The van der Waals surface area contributed by atoms with E-state index in [4.69, 9.17) is 5.73 Å². The first-order chi connectivity index (χ1) is 8.30. The van der Waals surface area contributed by atoms with E-state index in [1.54, 1.807) is 12.1 Å². The zero-order valence-electron chi connectivity index (χ0n) is 11.1. The Hall–Kier alpha value is -0.450. The standard InChI is InChI=1S/C14H20BrFN2/c1-14(2,3)18-7-6-12(17)13(18)10-8-9(16)4-5-11(10)15/h4-5,8,12-13H,6-7,17H2,1-3H3. The molecule has 0 bridgehead atoms. The van der Waals surface area contributed by atoms with Crippen LogP contribution >= 0.6 is 15.9 Å². The van der Waals surface area contributed by atoms with Crippen molar-refractivity contribution in [3.8, 4) is 0 Å². The zero-order chi connectivity index (χ0) is 13.5. The fourth-order valence-electron chi connectivity index (χ4n) is 2.71. The van der Waals surface area contributed by atoms with Crippen LogP contribution in [0, 0.1) is 5.82 Å². The third kappa shape index (κ3) is 2.60. The van der Waals surface area contributed by atoms with Crippen molar-refractivity contribution < 1.29 is 4.39 Å². The summed E-state index contributed by atoms with van der Waals surface area (Å²) in [7, 11) is 0. The SMILES string of the molecule is CC(C)(C)N1CCC(N)C1c1cc(F)ccc1Br. The molecule has 2 rings (SSSR count). The van der Waals surface area contributed by atoms with Gasteiger partial charge >= 0.3 is 0 Å². The largest absolute Gasteiger partial charge is 0.326 e. The molecule has 2 nitrogen and oxygen atoms in total. The number of likely N-dealkylation sites (tertiary alicyclic amines) is 1. The molecule has 1 aliphatic rings. The minimum atomic E-state index is -0.207. The van der Waals surface area contributed by atoms with Crippen LogP contribution < -0.4 is 5.73 Å². The molecule has 0 radical (unpaired) electrons. The minimum absolute atomic E-state index is 0.0323. The number of rotatable bonds is 1. The van der Waals surface area contributed by atoms with Gasteiger partial charge in [-0.15, -0.1) is 0 Å². The Bertz CT molecular complexity index is 442. The van der Waals surface area contributed by atoms with Gasteiger partial charge in [0.2, 0.25) is 0 Å². The third-order valence-electron chi connectivity index (χ3n) is 3.58. The van der Waals surface area contributed by atoms with Gasteiger partial charge in [-0.2, -0.15) is 0 Å². The molecule has 1 aliphatic heterocycles. The van der Waals surface area contributed by atoms with Gasteiger partial charge in [0.05, 0.1) is 6.04 Å². The predicted molar refractivity (Wildman–Crippen MR) is 75.9 cm³/mol. The average molecular weight is 315 g/mol. The monoisotopic (exact) mass is 314 g/mol. The summed E-state index contributed by atoms with van der Waals surface area (Å²) in [6.07, 6.45) is 0.949. The Morgan fingerprint density at radius 1 is 1.39 bits per heavy atom. The second-order valence-electron chi connectivity index (χ2n) is 5.93. The highest BCUT2D eigenvalue weighted by molar-refractivity contribution is 9.10. The summed E-state index contributed by atoms with van der Waals surface area (Å²) in [5.41, 5.74) is 7.22. The molecule has 1 aromatic carbocycles. The Morgan fingerprint density at radius 3 is 2.67 bits per heavy atom. The second kappa shape index (κ2) is 4.91. The lowest BCUT2D eigenvalue weighted by Crippen LogP contribution is -2.43. The van der Waals surface area contributed by atoms with Crippen molar-refractivity contribution in [2.45, 2.75) is 44.8 Å². The van der Waals surface area contributed by atoms with E-state index >= 15 is 0 Å². The summed E-state index contributed by atoms with van der Waals surface area (Å²) in [6.45, 7) is 7.47. The number of nitrogens with zero attached hydrogens (tertiary/aromatic N) is 1. The topological polar surface area (TPSA) is 29.3 Å². The van der Waals surface area contributed by atoms with Gasteiger partial charge in [0.1, 0.15) is 5.82 Å². The summed E-state index contributed by atoms with van der Waals surface area (Å²) < 4.78 is 14.4. The van der Waals surface area contributed by atoms with Crippen molar-refractivity contribution in [1.82, 2.24) is 4.90 Å². The first-order valence-electron chi connectivity index (χ1n) is 6.28. The molecule has 100 valence electrons. The minimum Gasteiger partial charge on any atom is -0.326 e. The van der Waals surface area contributed by atoms with Gasteiger partial charge in [-0.05, 0) is 51.0 Å². The van der Waals surface area contributed by atoms with Crippen LogP contribution in [0.15, 0.2) is 22.7 Å². The van der Waals surface area contributed by atoms with Crippen LogP contribution in [0.25, 0.3) is 0 Å². The van der Waals surface area contributed by atoms with Crippen LogP contribution in [-0.2, 0) is 0 Å². The van der Waals surface area contributed by atoms with Crippen molar-refractivity contribution in [2.75, 3.05) is 6.54 Å². The van der Waals surface area contributed by atoms with E-state index in [1.165, 1.54) is 6.07 Å². The Kier molecular flexibility index (Phi) is 3.81. The molecule has 4 heteroatoms. The second-order valence-corrected chi connectivity index (χ2v) is 6.78. The van der Waals surface area contributed by atoms with Gasteiger partial charge in [0.15, 0.2) is 0 Å². The molecular formula is C14H20BrFN2. The van der Waals surface area contributed by atoms with E-state index in [0.717, 1.165) is 23.0 Å². The highest BCUT2D eigenvalue weighted by Crippen LogP contribution is 2.39. The van der Waals surface area contributed by atoms with E-state index in [1.807, 2.05) is 0 Å². The van der Waals surface area contributed by atoms with Gasteiger partial charge in [0.25, 0.3) is 0 Å². The van der Waals surface area contributed by atoms with Crippen molar-refractivity contribution in [3.63, 3.8) is 0 Å². The molecule has 2 unspecified atom stereocenters. The predicted octanol–water partition coefficient (Wildman–Crippen LogP) is 3.46. The van der Waals surface area contributed by atoms with Gasteiger partial charge in [-0.1, -0.05) is 15.9 Å². The van der Waals surface area contributed by atoms with Crippen LogP contribution in [0.3, 0.4) is 0 Å². The zero-order valence-corrected chi connectivity index (χ0v) is 12.7. The molecule has 0 aromatic heterocycles. The molecule has 18 heavy (non-hydrogen) atoms. The third-order valence-corrected chi connectivity index (χ3v) is 4.31. The Balaban J connectivity index is 2.43. The van der Waals surface area contributed by atoms with Crippen LogP contribution in [-0.4, -0.2) is 23.0 Å². The van der Waals surface area contributed by atoms with Crippen LogP contribution in [0.4, 0.5) is 4.39 Å². The van der Waals surface area contributed by atoms with Crippen LogP contribution in [0.2, 0.25) is 0 Å². The highest BCUT2D eigenvalue weighted by atomic mass is 79.9. The van der Waals surface area contributed by atoms with Crippen LogP contribution in [0.1, 0.15) is 38.8 Å². The average Bonchev–Trinajstić information content (AvgIpc) is 2.63. The molecule has 2 N–H and O–H groups in total. The maximum atomic E-state index is 13.5. The van der Waals surface area contributed by atoms with Crippen molar-refractivity contribution >= 4 is 15.9 Å². The number of nitrogens with two attached hydrogens (primary N) is 1. The molecule has 1 fully saturated rings. The summed E-state index contributed by atoms with van der Waals surface area (Å²) in [5, 5.41) is 0. The lowest BCUT2D eigenvalue weighted by molar-refractivity contribution is 0.116. The van der Waals surface area contributed by atoms with Crippen molar-refractivity contribution in [3.05, 3.63) is 34.1 Å². The number of halogens is 2. The van der Waals surface area contributed by atoms with Gasteiger partial charge in [-0.3, -0.25) is 4.90 Å². The first kappa shape index (κ1) is 14.0. The molecule has 0 spiro atoms. The summed E-state index contributed by atoms with van der Waals surface area (Å²) >= 11 is 3.51. The number of hydrogen-bond acceptors (Lipinski definition) is 2. The summed E-state index contributed by atoms with van der Waals surface area (Å²) in [5.74, 6) is -0.207. The lowest BCUT2D eigenvalue weighted by atomic mass is 9.97. The van der Waals surface area contributed by atoms with Crippen molar-refractivity contribution in [2.24, 2.45) is 5.73 Å². The number of hydrogen-bond donors (Lipinski definition) is 1. The molecule has 0 aliphatic carbocycles. The summed E-state index contributed by atoms with van der Waals surface area (Å²) in [4.78, 5) is 2.36. The Labute approximate surface area is 116 Å². The van der Waals surface area contributed by atoms with E-state index in [2.05, 4.69) is 41.6 Å². The quantitative estimate of drug-likeness (QED) is 0.860. The van der Waals surface area contributed by atoms with Crippen LogP contribution in [0.5, 0.6) is 0 Å². The van der Waals surface area contributed by atoms with E-state index in [0.29, 0.717) is 0 Å². The molecule has 1 aromatic rings. The number of benzene rings is 1. The Morgan fingerprint density at radius 2 is 2.06 bits per heavy atom. The fourth-order valence-corrected chi connectivity index (χ4v) is 3.19. The molecule has 0 amide bonds. The highest BCUT2D eigenvalue weighted by Gasteiger charge is 2.39. The maximum Gasteiger partial charge on any atom is 0.123 e. The fraction of sp³-hybridized carbons (Fsp3) is 0.571. The first-order valence-corrected chi connectivity index (χ1v) is 7.07. The molecule has 1 heterocycles. The summed E-state index contributed by atoms with van der Waals surface area (Å²) in [6, 6.07) is 4.96. The molecule has 1 saturated heterocycles. The molecular weight excluding hydrogens is 295 g/mol. The van der Waals surface area contributed by atoms with E-state index in [9.17, 15) is 4.39 Å². The normalized spacial score (nSPS) is 25.7. The van der Waals surface area contributed by atoms with Gasteiger partial charge in [-0.25, -0.2) is 4.39 Å². The molecule has 0 saturated carbocycles. The lowest BCUT2D eigenvalue weighted by Gasteiger charge is -2.38.